The zero-order chi connectivity index (χ0) is 24.5. The van der Waals surface area contributed by atoms with E-state index >= 15 is 0 Å². The Kier molecular flexibility index (Phi) is 5.80. The minimum atomic E-state index is -0.0711. The molecule has 6 rings (SSSR count). The first-order valence-corrected chi connectivity index (χ1v) is 12.4. The van der Waals surface area contributed by atoms with Crippen LogP contribution in [-0.2, 0) is 13.0 Å². The van der Waals surface area contributed by atoms with Crippen LogP contribution in [0.5, 0.6) is 0 Å². The molecule has 0 atom stereocenters. The van der Waals surface area contributed by atoms with Crippen LogP contribution in [0.2, 0.25) is 0 Å². The van der Waals surface area contributed by atoms with Gasteiger partial charge in [-0.15, -0.1) is 0 Å². The van der Waals surface area contributed by atoms with Crippen molar-refractivity contribution in [2.75, 3.05) is 37.6 Å². The maximum absolute atomic E-state index is 12.8. The molecule has 2 aromatic heterocycles. The number of H-pyrrole nitrogens is 2. The molecule has 3 heterocycles. The van der Waals surface area contributed by atoms with Gasteiger partial charge >= 0.3 is 5.69 Å². The van der Waals surface area contributed by atoms with Crippen molar-refractivity contribution in [1.82, 2.24) is 19.4 Å². The Morgan fingerprint density at radius 2 is 1.78 bits per heavy atom. The summed E-state index contributed by atoms with van der Waals surface area (Å²) in [6.45, 7) is 5.30. The molecule has 3 aromatic carbocycles. The molecule has 0 saturated carbocycles. The van der Waals surface area contributed by atoms with Crippen LogP contribution in [0.4, 0.5) is 5.69 Å². The largest absolute Gasteiger partial charge is 0.367 e. The standard InChI is InChI=1S/C29H28N6O/c30-18-22-9-10-25-24(17-22)23(19-31-25)11-12-33-13-15-34(16-14-33)26-7-4-8-27-28(26)32-29(36)35(27)20-21-5-2-1-3-6-21/h1-10,17,19,31H,11-16,20H2,(H,32,36). The highest BCUT2D eigenvalue weighted by atomic mass is 16.1. The topological polar surface area (TPSA) is 83.8 Å². The fraction of sp³-hybridized carbons (Fsp3) is 0.241. The number of fused-ring (bicyclic) bond motifs is 2. The number of aromatic nitrogens is 3. The van der Waals surface area contributed by atoms with Crippen LogP contribution >= 0.6 is 0 Å². The van der Waals surface area contributed by atoms with Crippen LogP contribution in [0.25, 0.3) is 21.9 Å². The summed E-state index contributed by atoms with van der Waals surface area (Å²) in [6.07, 6.45) is 3.01. The van der Waals surface area contributed by atoms with Gasteiger partial charge in [-0.2, -0.15) is 5.26 Å². The number of anilines is 1. The second-order valence-corrected chi connectivity index (χ2v) is 9.44. The Morgan fingerprint density at radius 1 is 0.944 bits per heavy atom. The third kappa shape index (κ3) is 4.16. The number of hydrogen-bond acceptors (Lipinski definition) is 4. The maximum Gasteiger partial charge on any atom is 0.326 e. The van der Waals surface area contributed by atoms with E-state index < -0.39 is 0 Å². The monoisotopic (exact) mass is 476 g/mol. The van der Waals surface area contributed by atoms with Crippen molar-refractivity contribution in [3.05, 3.63) is 100 Å². The molecule has 36 heavy (non-hydrogen) atoms. The number of para-hydroxylation sites is 1. The van der Waals surface area contributed by atoms with Crippen LogP contribution in [0.15, 0.2) is 77.7 Å². The number of rotatable bonds is 6. The van der Waals surface area contributed by atoms with Crippen molar-refractivity contribution < 1.29 is 0 Å². The summed E-state index contributed by atoms with van der Waals surface area (Å²) >= 11 is 0. The van der Waals surface area contributed by atoms with E-state index in [1.54, 1.807) is 0 Å². The van der Waals surface area contributed by atoms with Gasteiger partial charge in [0.05, 0.1) is 34.9 Å². The Hall–Kier alpha value is -4.28. The van der Waals surface area contributed by atoms with Crippen molar-refractivity contribution in [3.8, 4) is 6.07 Å². The minimum Gasteiger partial charge on any atom is -0.367 e. The van der Waals surface area contributed by atoms with Gasteiger partial charge in [-0.3, -0.25) is 9.47 Å². The highest BCUT2D eigenvalue weighted by molar-refractivity contribution is 5.89. The van der Waals surface area contributed by atoms with E-state index in [1.807, 2.05) is 65.2 Å². The predicted octanol–water partition coefficient (Wildman–Crippen LogP) is 4.10. The van der Waals surface area contributed by atoms with Gasteiger partial charge in [0, 0.05) is 49.8 Å². The predicted molar refractivity (Wildman–Crippen MR) is 143 cm³/mol. The fourth-order valence-electron chi connectivity index (χ4n) is 5.30. The molecule has 0 amide bonds. The van der Waals surface area contributed by atoms with Crippen LogP contribution < -0.4 is 10.6 Å². The van der Waals surface area contributed by atoms with E-state index in [0.717, 1.165) is 72.3 Å². The molecule has 7 heteroatoms. The molecule has 0 aliphatic carbocycles. The average molecular weight is 477 g/mol. The molecule has 1 aliphatic heterocycles. The fourth-order valence-corrected chi connectivity index (χ4v) is 5.30. The van der Waals surface area contributed by atoms with Crippen LogP contribution in [0.3, 0.4) is 0 Å². The molecule has 0 bridgehead atoms. The summed E-state index contributed by atoms with van der Waals surface area (Å²) in [4.78, 5) is 24.1. The zero-order valence-electron chi connectivity index (χ0n) is 20.1. The summed E-state index contributed by atoms with van der Waals surface area (Å²) in [7, 11) is 0. The van der Waals surface area contributed by atoms with E-state index in [2.05, 4.69) is 38.1 Å². The van der Waals surface area contributed by atoms with Crippen molar-refractivity contribution in [3.63, 3.8) is 0 Å². The Labute approximate surface area is 209 Å². The van der Waals surface area contributed by atoms with Crippen LogP contribution in [0.1, 0.15) is 16.7 Å². The molecule has 5 aromatic rings. The molecule has 7 nitrogen and oxygen atoms in total. The van der Waals surface area contributed by atoms with Gasteiger partial charge in [0.2, 0.25) is 0 Å². The lowest BCUT2D eigenvalue weighted by Gasteiger charge is -2.36. The smallest absolute Gasteiger partial charge is 0.326 e. The molecule has 1 fully saturated rings. The first-order valence-electron chi connectivity index (χ1n) is 12.4. The Balaban J connectivity index is 1.14. The molecule has 180 valence electrons. The van der Waals surface area contributed by atoms with E-state index in [1.165, 1.54) is 5.56 Å². The number of nitrogens with one attached hydrogen (secondary N) is 2. The summed E-state index contributed by atoms with van der Waals surface area (Å²) in [5.74, 6) is 0. The van der Waals surface area contributed by atoms with Gasteiger partial charge in [0.1, 0.15) is 0 Å². The van der Waals surface area contributed by atoms with Gasteiger partial charge in [0.25, 0.3) is 0 Å². The second-order valence-electron chi connectivity index (χ2n) is 9.44. The van der Waals surface area contributed by atoms with Gasteiger partial charge in [-0.25, -0.2) is 4.79 Å². The first kappa shape index (κ1) is 22.2. The number of imidazole rings is 1. The third-order valence-electron chi connectivity index (χ3n) is 7.28. The number of piperazine rings is 1. The highest BCUT2D eigenvalue weighted by Gasteiger charge is 2.21. The maximum atomic E-state index is 12.8. The Morgan fingerprint density at radius 3 is 2.58 bits per heavy atom. The summed E-state index contributed by atoms with van der Waals surface area (Å²) < 4.78 is 1.82. The third-order valence-corrected chi connectivity index (χ3v) is 7.28. The number of hydrogen-bond donors (Lipinski definition) is 2. The SMILES string of the molecule is N#Cc1ccc2[nH]cc(CCN3CCN(c4cccc5c4[nH]c(=O)n5Cc4ccccc4)CC3)c2c1. The Bertz CT molecular complexity index is 1610. The minimum absolute atomic E-state index is 0.0711. The first-order chi connectivity index (χ1) is 17.7. The highest BCUT2D eigenvalue weighted by Crippen LogP contribution is 2.26. The van der Waals surface area contributed by atoms with E-state index in [4.69, 9.17) is 0 Å². The van der Waals surface area contributed by atoms with Crippen molar-refractivity contribution >= 4 is 27.6 Å². The molecule has 0 unspecified atom stereocenters. The zero-order valence-corrected chi connectivity index (χ0v) is 20.1. The quantitative estimate of drug-likeness (QED) is 0.387. The number of aromatic amines is 2. The van der Waals surface area contributed by atoms with Gasteiger partial charge in [-0.05, 0) is 47.9 Å². The summed E-state index contributed by atoms with van der Waals surface area (Å²) in [5.41, 5.74) is 7.02. The van der Waals surface area contributed by atoms with Crippen LogP contribution in [0, 0.1) is 11.3 Å². The van der Waals surface area contributed by atoms with E-state index in [0.29, 0.717) is 12.1 Å². The van der Waals surface area contributed by atoms with E-state index in [9.17, 15) is 10.1 Å². The molecule has 0 radical (unpaired) electrons. The lowest BCUT2D eigenvalue weighted by Crippen LogP contribution is -2.47. The summed E-state index contributed by atoms with van der Waals surface area (Å²) in [5, 5.41) is 10.4. The molecule has 1 aliphatic rings. The molecule has 1 saturated heterocycles. The lowest BCUT2D eigenvalue weighted by molar-refractivity contribution is 0.261. The second kappa shape index (κ2) is 9.40. The number of nitrogens with zero attached hydrogens (tertiary/aromatic N) is 4. The van der Waals surface area contributed by atoms with E-state index in [-0.39, 0.29) is 5.69 Å². The van der Waals surface area contributed by atoms with Gasteiger partial charge in [-0.1, -0.05) is 36.4 Å². The van der Waals surface area contributed by atoms with Crippen molar-refractivity contribution in [2.45, 2.75) is 13.0 Å². The summed E-state index contributed by atoms with van der Waals surface area (Å²) in [6, 6.07) is 24.3. The van der Waals surface area contributed by atoms with Crippen molar-refractivity contribution in [1.29, 1.82) is 5.26 Å². The molecular weight excluding hydrogens is 448 g/mol. The molecular formula is C29H28N6O. The molecule has 0 spiro atoms. The average Bonchev–Trinajstić information content (AvgIpc) is 3.48. The number of nitriles is 1. The molecule has 2 N–H and O–H groups in total. The normalized spacial score (nSPS) is 14.5. The lowest BCUT2D eigenvalue weighted by atomic mass is 10.1. The van der Waals surface area contributed by atoms with Gasteiger partial charge in [0.15, 0.2) is 0 Å². The van der Waals surface area contributed by atoms with Crippen molar-refractivity contribution in [2.24, 2.45) is 0 Å². The van der Waals surface area contributed by atoms with Crippen LogP contribution in [-0.4, -0.2) is 52.2 Å². The van der Waals surface area contributed by atoms with Gasteiger partial charge < -0.3 is 14.9 Å². The number of benzene rings is 3.